The summed E-state index contributed by atoms with van der Waals surface area (Å²) in [5.41, 5.74) is 0. The molecule has 0 rings (SSSR count). The van der Waals surface area contributed by atoms with Gasteiger partial charge in [-0.3, -0.25) is 0 Å². The highest BCUT2D eigenvalue weighted by Crippen LogP contribution is 2.27. The molecule has 0 radical (unpaired) electrons. The first kappa shape index (κ1) is 9.44. The van der Waals surface area contributed by atoms with E-state index >= 15 is 0 Å². The first-order valence-corrected chi connectivity index (χ1v) is 5.20. The molecule has 8 heavy (non-hydrogen) atoms. The third-order valence-electron chi connectivity index (χ3n) is 0.880. The summed E-state index contributed by atoms with van der Waals surface area (Å²) in [6.45, 7) is 4.27. The van der Waals surface area contributed by atoms with E-state index in [2.05, 4.69) is 61.6 Å². The van der Waals surface area contributed by atoms with Crippen molar-refractivity contribution in [1.29, 1.82) is 0 Å². The van der Waals surface area contributed by atoms with Crippen molar-refractivity contribution in [3.05, 3.63) is 0 Å². The molecule has 1 unspecified atom stereocenters. The van der Waals surface area contributed by atoms with Gasteiger partial charge in [0.1, 0.15) is 0 Å². The van der Waals surface area contributed by atoms with Gasteiger partial charge in [-0.25, -0.2) is 0 Å². The van der Waals surface area contributed by atoms with Gasteiger partial charge in [-0.2, -0.15) is 0 Å². The molecular weight excluding hydrogens is 300 g/mol. The second-order valence-electron chi connectivity index (χ2n) is 2.19. The van der Waals surface area contributed by atoms with E-state index < -0.39 is 0 Å². The lowest BCUT2D eigenvalue weighted by molar-refractivity contribution is 0.736. The van der Waals surface area contributed by atoms with Gasteiger partial charge in [0.2, 0.25) is 0 Å². The zero-order valence-electron chi connectivity index (χ0n) is 4.92. The SMILES string of the molecule is CC(C)(Br)C(Br)CBr. The Morgan fingerprint density at radius 2 is 1.88 bits per heavy atom. The fourth-order valence-corrected chi connectivity index (χ4v) is 1.59. The number of halogens is 3. The van der Waals surface area contributed by atoms with E-state index in [0.717, 1.165) is 5.33 Å². The first-order chi connectivity index (χ1) is 3.48. The smallest absolute Gasteiger partial charge is 0.0390 e. The summed E-state index contributed by atoms with van der Waals surface area (Å²) in [7, 11) is 0. The van der Waals surface area contributed by atoms with E-state index in [1.54, 1.807) is 0 Å². The summed E-state index contributed by atoms with van der Waals surface area (Å²) >= 11 is 10.4. The fraction of sp³-hybridized carbons (Fsp3) is 1.00. The molecule has 0 aromatic heterocycles. The largest absolute Gasteiger partial charge is 0.0915 e. The van der Waals surface area contributed by atoms with Crippen LogP contribution in [0.5, 0.6) is 0 Å². The van der Waals surface area contributed by atoms with Crippen LogP contribution in [-0.2, 0) is 0 Å². The highest BCUT2D eigenvalue weighted by molar-refractivity contribution is 9.13. The molecule has 50 valence electrons. The average molecular weight is 309 g/mol. The lowest BCUT2D eigenvalue weighted by atomic mass is 10.2. The van der Waals surface area contributed by atoms with Gasteiger partial charge in [-0.1, -0.05) is 47.8 Å². The summed E-state index contributed by atoms with van der Waals surface area (Å²) in [4.78, 5) is 0.495. The minimum absolute atomic E-state index is 0.191. The van der Waals surface area contributed by atoms with Crippen LogP contribution in [0.4, 0.5) is 0 Å². The Morgan fingerprint density at radius 3 is 1.88 bits per heavy atom. The van der Waals surface area contributed by atoms with Crippen LogP contribution < -0.4 is 0 Å². The first-order valence-electron chi connectivity index (χ1n) is 2.37. The van der Waals surface area contributed by atoms with Crippen molar-refractivity contribution in [3.8, 4) is 0 Å². The standard InChI is InChI=1S/C5H9Br3/c1-5(2,8)4(7)3-6/h4H,3H2,1-2H3. The number of rotatable bonds is 2. The molecule has 0 spiro atoms. The topological polar surface area (TPSA) is 0 Å². The van der Waals surface area contributed by atoms with Crippen molar-refractivity contribution < 1.29 is 0 Å². The highest BCUT2D eigenvalue weighted by atomic mass is 79.9. The maximum atomic E-state index is 3.53. The van der Waals surface area contributed by atoms with E-state index in [1.807, 2.05) is 0 Å². The van der Waals surface area contributed by atoms with Crippen LogP contribution in [0.2, 0.25) is 0 Å². The molecule has 0 saturated heterocycles. The fourth-order valence-electron chi connectivity index (χ4n) is 0.183. The molecule has 0 amide bonds. The van der Waals surface area contributed by atoms with Crippen molar-refractivity contribution in [3.63, 3.8) is 0 Å². The third-order valence-corrected chi connectivity index (χ3v) is 5.03. The molecule has 3 heteroatoms. The molecular formula is C5H9Br3. The molecule has 0 N–H and O–H groups in total. The van der Waals surface area contributed by atoms with Gasteiger partial charge in [0.25, 0.3) is 0 Å². The molecule has 0 bridgehead atoms. The molecule has 0 heterocycles. The van der Waals surface area contributed by atoms with Crippen LogP contribution in [0.1, 0.15) is 13.8 Å². The quantitative estimate of drug-likeness (QED) is 0.687. The van der Waals surface area contributed by atoms with Crippen LogP contribution in [-0.4, -0.2) is 14.5 Å². The maximum absolute atomic E-state index is 3.53. The molecule has 1 atom stereocenters. The molecule has 0 aliphatic carbocycles. The van der Waals surface area contributed by atoms with Crippen molar-refractivity contribution in [2.24, 2.45) is 0 Å². The molecule has 0 fully saturated rings. The lowest BCUT2D eigenvalue weighted by Gasteiger charge is -2.20. The van der Waals surface area contributed by atoms with Gasteiger partial charge < -0.3 is 0 Å². The monoisotopic (exact) mass is 306 g/mol. The molecule has 0 aliphatic heterocycles. The van der Waals surface area contributed by atoms with E-state index in [0.29, 0.717) is 4.83 Å². The minimum Gasteiger partial charge on any atom is -0.0915 e. The summed E-state index contributed by atoms with van der Waals surface area (Å²) in [5, 5.41) is 0.977. The summed E-state index contributed by atoms with van der Waals surface area (Å²) in [5.74, 6) is 0. The highest BCUT2D eigenvalue weighted by Gasteiger charge is 2.21. The normalized spacial score (nSPS) is 16.1. The summed E-state index contributed by atoms with van der Waals surface area (Å²) in [6, 6.07) is 0. The Hall–Kier alpha value is 1.44. The predicted octanol–water partition coefficient (Wildman–Crippen LogP) is 3.32. The van der Waals surface area contributed by atoms with E-state index in [9.17, 15) is 0 Å². The number of alkyl halides is 3. The molecule has 0 aromatic rings. The van der Waals surface area contributed by atoms with Gasteiger partial charge in [0.15, 0.2) is 0 Å². The van der Waals surface area contributed by atoms with E-state index in [4.69, 9.17) is 0 Å². The zero-order valence-corrected chi connectivity index (χ0v) is 9.68. The number of hydrogen-bond donors (Lipinski definition) is 0. The summed E-state index contributed by atoms with van der Waals surface area (Å²) in [6.07, 6.45) is 0. The molecule has 0 nitrogen and oxygen atoms in total. The van der Waals surface area contributed by atoms with E-state index in [1.165, 1.54) is 0 Å². The zero-order chi connectivity index (χ0) is 6.78. The lowest BCUT2D eigenvalue weighted by Crippen LogP contribution is -2.24. The van der Waals surface area contributed by atoms with Gasteiger partial charge in [0.05, 0.1) is 0 Å². The molecule has 0 aromatic carbocycles. The van der Waals surface area contributed by atoms with Gasteiger partial charge in [-0.15, -0.1) is 0 Å². The van der Waals surface area contributed by atoms with Gasteiger partial charge >= 0.3 is 0 Å². The van der Waals surface area contributed by atoms with Crippen LogP contribution in [0, 0.1) is 0 Å². The average Bonchev–Trinajstić information content (AvgIpc) is 1.62. The van der Waals surface area contributed by atoms with Crippen LogP contribution in [0.3, 0.4) is 0 Å². The Morgan fingerprint density at radius 1 is 1.50 bits per heavy atom. The van der Waals surface area contributed by atoms with Crippen molar-refractivity contribution in [1.82, 2.24) is 0 Å². The van der Waals surface area contributed by atoms with Crippen LogP contribution >= 0.6 is 47.8 Å². The molecule has 0 aliphatic rings. The second-order valence-corrected chi connectivity index (χ2v) is 5.98. The molecule has 0 saturated carbocycles. The van der Waals surface area contributed by atoms with Crippen molar-refractivity contribution in [2.45, 2.75) is 23.0 Å². The van der Waals surface area contributed by atoms with Crippen LogP contribution in [0.25, 0.3) is 0 Å². The second kappa shape index (κ2) is 3.57. The van der Waals surface area contributed by atoms with Crippen molar-refractivity contribution >= 4 is 47.8 Å². The summed E-state index contributed by atoms with van der Waals surface area (Å²) < 4.78 is 0.191. The Labute approximate surface area is 75.8 Å². The minimum atomic E-state index is 0.191. The Bertz CT molecular complexity index is 64.6. The third kappa shape index (κ3) is 3.46. The maximum Gasteiger partial charge on any atom is 0.0390 e. The van der Waals surface area contributed by atoms with Crippen molar-refractivity contribution in [2.75, 3.05) is 5.33 Å². The van der Waals surface area contributed by atoms with Gasteiger partial charge in [0, 0.05) is 14.5 Å². The van der Waals surface area contributed by atoms with Crippen LogP contribution in [0.15, 0.2) is 0 Å². The van der Waals surface area contributed by atoms with E-state index in [-0.39, 0.29) is 4.32 Å². The Kier molecular flexibility index (Phi) is 4.21. The van der Waals surface area contributed by atoms with Gasteiger partial charge in [-0.05, 0) is 13.8 Å². The number of hydrogen-bond acceptors (Lipinski definition) is 0. The Balaban J connectivity index is 3.62. The predicted molar refractivity (Wildman–Crippen MR) is 49.5 cm³/mol.